The fourth-order valence-corrected chi connectivity index (χ4v) is 1.64. The summed E-state index contributed by atoms with van der Waals surface area (Å²) in [5.74, 6) is 1.31. The number of halogens is 1. The highest BCUT2D eigenvalue weighted by atomic mass is 127. The molecule has 0 aliphatic rings. The van der Waals surface area contributed by atoms with Gasteiger partial charge in [-0.05, 0) is 22.6 Å². The van der Waals surface area contributed by atoms with Crippen LogP contribution in [-0.2, 0) is 12.0 Å². The van der Waals surface area contributed by atoms with Gasteiger partial charge in [-0.25, -0.2) is 0 Å². The van der Waals surface area contributed by atoms with Crippen LogP contribution in [0.2, 0.25) is 0 Å². The van der Waals surface area contributed by atoms with Crippen molar-refractivity contribution in [1.82, 2.24) is 19.9 Å². The van der Waals surface area contributed by atoms with Gasteiger partial charge in [0.2, 0.25) is 5.89 Å². The minimum absolute atomic E-state index is 0.107. The van der Waals surface area contributed by atoms with E-state index >= 15 is 0 Å². The first-order valence-corrected chi connectivity index (χ1v) is 6.04. The second-order valence-corrected chi connectivity index (χ2v) is 5.87. The van der Waals surface area contributed by atoms with Gasteiger partial charge < -0.3 is 4.52 Å². The van der Waals surface area contributed by atoms with Crippen LogP contribution in [0.1, 0.15) is 32.5 Å². The molecule has 0 aromatic carbocycles. The maximum atomic E-state index is 5.20. The Labute approximate surface area is 107 Å². The zero-order valence-electron chi connectivity index (χ0n) is 9.44. The molecule has 0 saturated heterocycles. The lowest BCUT2D eigenvalue weighted by atomic mass is 9.97. The summed E-state index contributed by atoms with van der Waals surface area (Å²) in [5, 5.41) is 8.11. The lowest BCUT2D eigenvalue weighted by Crippen LogP contribution is -2.12. The number of aromatic nitrogens is 4. The van der Waals surface area contributed by atoms with E-state index < -0.39 is 0 Å². The van der Waals surface area contributed by atoms with Crippen molar-refractivity contribution in [3.63, 3.8) is 0 Å². The summed E-state index contributed by atoms with van der Waals surface area (Å²) < 4.78 is 8.09. The molecule has 86 valence electrons. The van der Waals surface area contributed by atoms with Gasteiger partial charge in [-0.15, -0.1) is 0 Å². The molecule has 0 radical (unpaired) electrons. The van der Waals surface area contributed by atoms with Gasteiger partial charge >= 0.3 is 0 Å². The Morgan fingerprint density at radius 1 is 1.44 bits per heavy atom. The summed E-state index contributed by atoms with van der Waals surface area (Å²) in [6, 6.07) is 0. The monoisotopic (exact) mass is 332 g/mol. The van der Waals surface area contributed by atoms with Crippen molar-refractivity contribution in [3.05, 3.63) is 27.7 Å². The van der Waals surface area contributed by atoms with Gasteiger partial charge in [0.25, 0.3) is 0 Å². The molecule has 2 aromatic heterocycles. The molecule has 0 atom stereocenters. The molecule has 0 amide bonds. The quantitative estimate of drug-likeness (QED) is 0.792. The Kier molecular flexibility index (Phi) is 3.00. The summed E-state index contributed by atoms with van der Waals surface area (Å²) in [6.45, 7) is 6.67. The van der Waals surface area contributed by atoms with E-state index in [-0.39, 0.29) is 5.41 Å². The van der Waals surface area contributed by atoms with Crippen molar-refractivity contribution >= 4 is 22.6 Å². The molecule has 16 heavy (non-hydrogen) atoms. The minimum atomic E-state index is -0.107. The van der Waals surface area contributed by atoms with Crippen LogP contribution in [0.15, 0.2) is 16.9 Å². The normalized spacial score (nSPS) is 12.0. The van der Waals surface area contributed by atoms with Crippen molar-refractivity contribution in [3.8, 4) is 0 Å². The molecule has 2 heterocycles. The molecule has 0 aliphatic heterocycles. The minimum Gasteiger partial charge on any atom is -0.339 e. The standard InChI is InChI=1S/C10H13IN4O/c1-10(2,3)9-13-8(14-16-9)6-15-5-7(11)4-12-15/h4-5H,6H2,1-3H3. The summed E-state index contributed by atoms with van der Waals surface area (Å²) in [4.78, 5) is 4.34. The Hall–Kier alpha value is -0.920. The average molecular weight is 332 g/mol. The number of nitrogens with zero attached hydrogens (tertiary/aromatic N) is 4. The summed E-state index contributed by atoms with van der Waals surface area (Å²) in [5.41, 5.74) is -0.107. The third-order valence-corrected chi connectivity index (χ3v) is 2.57. The van der Waals surface area contributed by atoms with E-state index in [0.29, 0.717) is 18.3 Å². The largest absolute Gasteiger partial charge is 0.339 e. The second-order valence-electron chi connectivity index (χ2n) is 4.62. The highest BCUT2D eigenvalue weighted by Crippen LogP contribution is 2.19. The zero-order chi connectivity index (χ0) is 11.8. The molecule has 2 aromatic rings. The topological polar surface area (TPSA) is 56.7 Å². The van der Waals surface area contributed by atoms with E-state index in [2.05, 4.69) is 37.8 Å². The number of rotatable bonds is 2. The summed E-state index contributed by atoms with van der Waals surface area (Å²) in [6.07, 6.45) is 3.74. The van der Waals surface area contributed by atoms with Gasteiger partial charge in [0, 0.05) is 11.6 Å². The van der Waals surface area contributed by atoms with Gasteiger partial charge in [0.1, 0.15) is 6.54 Å². The van der Waals surface area contributed by atoms with E-state index in [1.54, 1.807) is 10.9 Å². The maximum Gasteiger partial charge on any atom is 0.232 e. The van der Waals surface area contributed by atoms with E-state index in [1.807, 2.05) is 27.0 Å². The van der Waals surface area contributed by atoms with Crippen molar-refractivity contribution in [2.45, 2.75) is 32.7 Å². The maximum absolute atomic E-state index is 5.20. The zero-order valence-corrected chi connectivity index (χ0v) is 11.6. The first-order chi connectivity index (χ1) is 7.45. The van der Waals surface area contributed by atoms with Gasteiger partial charge in [-0.2, -0.15) is 10.1 Å². The second kappa shape index (κ2) is 4.15. The highest BCUT2D eigenvalue weighted by Gasteiger charge is 2.21. The van der Waals surface area contributed by atoms with Crippen LogP contribution in [0.3, 0.4) is 0 Å². The van der Waals surface area contributed by atoms with Crippen LogP contribution in [0.25, 0.3) is 0 Å². The van der Waals surface area contributed by atoms with E-state index in [4.69, 9.17) is 4.52 Å². The van der Waals surface area contributed by atoms with Gasteiger partial charge in [-0.3, -0.25) is 4.68 Å². The molecule has 0 saturated carbocycles. The van der Waals surface area contributed by atoms with Crippen molar-refractivity contribution < 1.29 is 4.52 Å². The van der Waals surface area contributed by atoms with Gasteiger partial charge in [-0.1, -0.05) is 25.9 Å². The third-order valence-electron chi connectivity index (χ3n) is 2.01. The molecule has 2 rings (SSSR count). The molecule has 5 nitrogen and oxygen atoms in total. The lowest BCUT2D eigenvalue weighted by molar-refractivity contribution is 0.317. The van der Waals surface area contributed by atoms with Crippen molar-refractivity contribution in [1.29, 1.82) is 0 Å². The Bertz CT molecular complexity index is 483. The van der Waals surface area contributed by atoms with Crippen molar-refractivity contribution in [2.75, 3.05) is 0 Å². The Balaban J connectivity index is 2.14. The average Bonchev–Trinajstić information content (AvgIpc) is 2.74. The Morgan fingerprint density at radius 3 is 2.69 bits per heavy atom. The highest BCUT2D eigenvalue weighted by molar-refractivity contribution is 14.1. The lowest BCUT2D eigenvalue weighted by Gasteiger charge is -2.10. The molecule has 0 spiro atoms. The smallest absolute Gasteiger partial charge is 0.232 e. The fourth-order valence-electron chi connectivity index (χ4n) is 1.19. The predicted molar refractivity (Wildman–Crippen MR) is 67.0 cm³/mol. The van der Waals surface area contributed by atoms with Gasteiger partial charge in [0.15, 0.2) is 5.82 Å². The van der Waals surface area contributed by atoms with Crippen LogP contribution >= 0.6 is 22.6 Å². The van der Waals surface area contributed by atoms with Crippen LogP contribution in [-0.4, -0.2) is 19.9 Å². The fraction of sp³-hybridized carbons (Fsp3) is 0.500. The van der Waals surface area contributed by atoms with Crippen molar-refractivity contribution in [2.24, 2.45) is 0 Å². The van der Waals surface area contributed by atoms with Crippen LogP contribution in [0.5, 0.6) is 0 Å². The Morgan fingerprint density at radius 2 is 2.19 bits per heavy atom. The van der Waals surface area contributed by atoms with E-state index in [9.17, 15) is 0 Å². The van der Waals surface area contributed by atoms with Gasteiger partial charge in [0.05, 0.1) is 9.77 Å². The first kappa shape index (κ1) is 11.6. The SMILES string of the molecule is CC(C)(C)c1nc(Cn2cc(I)cn2)no1. The molecule has 0 N–H and O–H groups in total. The molecule has 6 heteroatoms. The first-order valence-electron chi connectivity index (χ1n) is 4.96. The van der Waals surface area contributed by atoms with E-state index in [1.165, 1.54) is 0 Å². The molecule has 0 unspecified atom stereocenters. The summed E-state index contributed by atoms with van der Waals surface area (Å²) in [7, 11) is 0. The molecular formula is C10H13IN4O. The number of hydrogen-bond acceptors (Lipinski definition) is 4. The van der Waals surface area contributed by atoms with Crippen LogP contribution in [0, 0.1) is 3.57 Å². The summed E-state index contributed by atoms with van der Waals surface area (Å²) >= 11 is 2.21. The van der Waals surface area contributed by atoms with Crippen LogP contribution in [0.4, 0.5) is 0 Å². The molecule has 0 fully saturated rings. The van der Waals surface area contributed by atoms with E-state index in [0.717, 1.165) is 3.57 Å². The number of hydrogen-bond donors (Lipinski definition) is 0. The molecule has 0 aliphatic carbocycles. The molecule has 0 bridgehead atoms. The third kappa shape index (κ3) is 2.60. The predicted octanol–water partition coefficient (Wildman–Crippen LogP) is 2.22. The van der Waals surface area contributed by atoms with Crippen LogP contribution < -0.4 is 0 Å². The molecular weight excluding hydrogens is 319 g/mol.